The molecule has 108 valence electrons. The van der Waals surface area contributed by atoms with Gasteiger partial charge in [0.05, 0.1) is 5.52 Å². The fraction of sp³-hybridized carbons (Fsp3) is 0.0667. The molecule has 1 heterocycles. The number of hydrogen-bond acceptors (Lipinski definition) is 2. The van der Waals surface area contributed by atoms with Crippen molar-refractivity contribution in [2.75, 3.05) is 5.73 Å². The maximum absolute atomic E-state index is 12.3. The second kappa shape index (κ2) is 4.73. The summed E-state index contributed by atoms with van der Waals surface area (Å²) in [6, 6.07) is 13.0. The van der Waals surface area contributed by atoms with Crippen LogP contribution in [0.4, 0.5) is 18.9 Å². The maximum Gasteiger partial charge on any atom is 0.573 e. The van der Waals surface area contributed by atoms with Gasteiger partial charge in [-0.15, -0.1) is 13.2 Å². The van der Waals surface area contributed by atoms with Crippen LogP contribution in [0.15, 0.2) is 54.7 Å². The first-order chi connectivity index (χ1) is 9.92. The van der Waals surface area contributed by atoms with Crippen molar-refractivity contribution in [1.29, 1.82) is 0 Å². The third-order valence-corrected chi connectivity index (χ3v) is 3.04. The van der Waals surface area contributed by atoms with Gasteiger partial charge in [-0.3, -0.25) is 0 Å². The van der Waals surface area contributed by atoms with Crippen molar-refractivity contribution in [3.05, 3.63) is 54.7 Å². The Bertz CT molecular complexity index is 793. The molecule has 0 amide bonds. The van der Waals surface area contributed by atoms with Crippen LogP contribution in [-0.4, -0.2) is 10.9 Å². The van der Waals surface area contributed by atoms with Crippen LogP contribution in [0.1, 0.15) is 0 Å². The predicted molar refractivity (Wildman–Crippen MR) is 74.4 cm³/mol. The summed E-state index contributed by atoms with van der Waals surface area (Å²) in [4.78, 5) is 0. The Labute approximate surface area is 118 Å². The molecule has 0 aliphatic carbocycles. The zero-order valence-electron chi connectivity index (χ0n) is 10.8. The lowest BCUT2D eigenvalue weighted by molar-refractivity contribution is -0.274. The van der Waals surface area contributed by atoms with E-state index in [1.807, 2.05) is 18.2 Å². The van der Waals surface area contributed by atoms with Gasteiger partial charge in [0.25, 0.3) is 0 Å². The van der Waals surface area contributed by atoms with Crippen molar-refractivity contribution in [3.63, 3.8) is 0 Å². The number of ether oxygens (including phenoxy) is 1. The van der Waals surface area contributed by atoms with Crippen LogP contribution in [0.2, 0.25) is 0 Å². The minimum Gasteiger partial charge on any atom is -0.406 e. The van der Waals surface area contributed by atoms with Crippen molar-refractivity contribution < 1.29 is 17.9 Å². The molecular formula is C15H11F3N2O. The number of anilines is 1. The van der Waals surface area contributed by atoms with Gasteiger partial charge in [0.1, 0.15) is 5.75 Å². The smallest absolute Gasteiger partial charge is 0.406 e. The van der Waals surface area contributed by atoms with E-state index in [2.05, 4.69) is 4.74 Å². The highest BCUT2D eigenvalue weighted by Crippen LogP contribution is 2.27. The highest BCUT2D eigenvalue weighted by Gasteiger charge is 2.31. The van der Waals surface area contributed by atoms with Gasteiger partial charge in [-0.25, -0.2) is 0 Å². The van der Waals surface area contributed by atoms with Crippen molar-refractivity contribution >= 4 is 16.6 Å². The Hall–Kier alpha value is -2.63. The van der Waals surface area contributed by atoms with E-state index >= 15 is 0 Å². The minimum absolute atomic E-state index is 0.253. The van der Waals surface area contributed by atoms with Crippen LogP contribution in [0, 0.1) is 0 Å². The Morgan fingerprint density at radius 3 is 2.57 bits per heavy atom. The Morgan fingerprint density at radius 1 is 1.00 bits per heavy atom. The van der Waals surface area contributed by atoms with Gasteiger partial charge in [0.2, 0.25) is 0 Å². The first kappa shape index (κ1) is 13.4. The lowest BCUT2D eigenvalue weighted by Crippen LogP contribution is -2.17. The normalized spacial score (nSPS) is 11.8. The van der Waals surface area contributed by atoms with E-state index in [1.54, 1.807) is 22.9 Å². The Balaban J connectivity index is 2.04. The quantitative estimate of drug-likeness (QED) is 0.722. The SMILES string of the molecule is Nc1ccc2c(ccn2-c2cccc(OC(F)(F)F)c2)c1. The molecule has 2 N–H and O–H groups in total. The first-order valence-electron chi connectivity index (χ1n) is 6.15. The van der Waals surface area contributed by atoms with E-state index in [9.17, 15) is 13.2 Å². The summed E-state index contributed by atoms with van der Waals surface area (Å²) in [5.41, 5.74) is 7.78. The molecule has 0 bridgehead atoms. The molecular weight excluding hydrogens is 281 g/mol. The zero-order chi connectivity index (χ0) is 15.0. The molecule has 0 saturated carbocycles. The summed E-state index contributed by atoms with van der Waals surface area (Å²) in [5.74, 6) is -0.253. The molecule has 3 nitrogen and oxygen atoms in total. The van der Waals surface area contributed by atoms with E-state index in [-0.39, 0.29) is 5.75 Å². The summed E-state index contributed by atoms with van der Waals surface area (Å²) in [6.07, 6.45) is -2.93. The van der Waals surface area contributed by atoms with Gasteiger partial charge >= 0.3 is 6.36 Å². The van der Waals surface area contributed by atoms with E-state index in [0.717, 1.165) is 10.9 Å². The van der Waals surface area contributed by atoms with Gasteiger partial charge in [0.15, 0.2) is 0 Å². The molecule has 2 aromatic carbocycles. The maximum atomic E-state index is 12.3. The average Bonchev–Trinajstić information content (AvgIpc) is 2.79. The summed E-state index contributed by atoms with van der Waals surface area (Å²) in [6.45, 7) is 0. The number of alkyl halides is 3. The summed E-state index contributed by atoms with van der Waals surface area (Å²) in [5, 5.41) is 0.914. The number of nitrogen functional groups attached to an aromatic ring is 1. The molecule has 21 heavy (non-hydrogen) atoms. The van der Waals surface area contributed by atoms with E-state index < -0.39 is 6.36 Å². The zero-order valence-corrected chi connectivity index (χ0v) is 10.8. The van der Waals surface area contributed by atoms with Gasteiger partial charge in [-0.05, 0) is 36.4 Å². The molecule has 0 saturated heterocycles. The van der Waals surface area contributed by atoms with Crippen molar-refractivity contribution in [3.8, 4) is 11.4 Å². The van der Waals surface area contributed by atoms with Crippen LogP contribution < -0.4 is 10.5 Å². The number of nitrogens with zero attached hydrogens (tertiary/aromatic N) is 1. The molecule has 3 rings (SSSR count). The summed E-state index contributed by atoms with van der Waals surface area (Å²) in [7, 11) is 0. The number of nitrogens with two attached hydrogens (primary N) is 1. The highest BCUT2D eigenvalue weighted by molar-refractivity contribution is 5.84. The highest BCUT2D eigenvalue weighted by atomic mass is 19.4. The number of hydrogen-bond donors (Lipinski definition) is 1. The van der Waals surface area contributed by atoms with Gasteiger partial charge in [-0.2, -0.15) is 0 Å². The lowest BCUT2D eigenvalue weighted by Gasteiger charge is -2.11. The molecule has 0 aliphatic heterocycles. The van der Waals surface area contributed by atoms with Gasteiger partial charge in [-0.1, -0.05) is 6.07 Å². The van der Waals surface area contributed by atoms with Crippen molar-refractivity contribution in [2.24, 2.45) is 0 Å². The average molecular weight is 292 g/mol. The molecule has 0 unspecified atom stereocenters. The fourth-order valence-electron chi connectivity index (χ4n) is 2.22. The molecule has 0 spiro atoms. The van der Waals surface area contributed by atoms with E-state index in [0.29, 0.717) is 11.4 Å². The second-order valence-corrected chi connectivity index (χ2v) is 4.55. The largest absolute Gasteiger partial charge is 0.573 e. The number of halogens is 3. The lowest BCUT2D eigenvalue weighted by atomic mass is 10.2. The molecule has 3 aromatic rings. The molecule has 1 aromatic heterocycles. The van der Waals surface area contributed by atoms with Crippen LogP contribution in [-0.2, 0) is 0 Å². The van der Waals surface area contributed by atoms with E-state index in [1.165, 1.54) is 18.2 Å². The molecule has 0 radical (unpaired) electrons. The number of rotatable bonds is 2. The Morgan fingerprint density at radius 2 is 1.81 bits per heavy atom. The van der Waals surface area contributed by atoms with Gasteiger partial charge < -0.3 is 15.0 Å². The minimum atomic E-state index is -4.70. The number of fused-ring (bicyclic) bond motifs is 1. The standard InChI is InChI=1S/C15H11F3N2O/c16-15(17,18)21-13-3-1-2-12(9-13)20-7-6-10-8-11(19)4-5-14(10)20/h1-9H,19H2. The molecule has 6 heteroatoms. The van der Waals surface area contributed by atoms with Crippen LogP contribution >= 0.6 is 0 Å². The fourth-order valence-corrected chi connectivity index (χ4v) is 2.22. The summed E-state index contributed by atoms with van der Waals surface area (Å²) < 4.78 is 42.5. The van der Waals surface area contributed by atoms with E-state index in [4.69, 9.17) is 5.73 Å². The van der Waals surface area contributed by atoms with Crippen LogP contribution in [0.25, 0.3) is 16.6 Å². The molecule has 0 atom stereocenters. The molecule has 0 fully saturated rings. The van der Waals surface area contributed by atoms with Crippen molar-refractivity contribution in [2.45, 2.75) is 6.36 Å². The summed E-state index contributed by atoms with van der Waals surface area (Å²) >= 11 is 0. The second-order valence-electron chi connectivity index (χ2n) is 4.55. The first-order valence-corrected chi connectivity index (χ1v) is 6.15. The third-order valence-electron chi connectivity index (χ3n) is 3.04. The number of aromatic nitrogens is 1. The van der Waals surface area contributed by atoms with Gasteiger partial charge in [0, 0.05) is 29.0 Å². The topological polar surface area (TPSA) is 40.2 Å². The third kappa shape index (κ3) is 2.79. The molecule has 0 aliphatic rings. The monoisotopic (exact) mass is 292 g/mol. The van der Waals surface area contributed by atoms with Crippen LogP contribution in [0.3, 0.4) is 0 Å². The van der Waals surface area contributed by atoms with Crippen molar-refractivity contribution in [1.82, 2.24) is 4.57 Å². The van der Waals surface area contributed by atoms with Crippen LogP contribution in [0.5, 0.6) is 5.75 Å². The predicted octanol–water partition coefficient (Wildman–Crippen LogP) is 4.11. The number of benzene rings is 2. The Kier molecular flexibility index (Phi) is 3.01.